The van der Waals surface area contributed by atoms with Crippen molar-refractivity contribution in [2.75, 3.05) is 11.1 Å². The zero-order valence-corrected chi connectivity index (χ0v) is 13.3. The van der Waals surface area contributed by atoms with Crippen LogP contribution in [0, 0.1) is 13.8 Å². The van der Waals surface area contributed by atoms with Crippen LogP contribution in [0.4, 0.5) is 5.69 Å². The van der Waals surface area contributed by atoms with Gasteiger partial charge in [0.2, 0.25) is 5.91 Å². The van der Waals surface area contributed by atoms with Crippen molar-refractivity contribution in [3.8, 4) is 0 Å². The van der Waals surface area contributed by atoms with Crippen molar-refractivity contribution >= 4 is 40.7 Å². The summed E-state index contributed by atoms with van der Waals surface area (Å²) in [6.07, 6.45) is 0. The minimum atomic E-state index is -1.02. The molecule has 1 aromatic heterocycles. The minimum absolute atomic E-state index is 0.168. The Morgan fingerprint density at radius 1 is 1.24 bits per heavy atom. The molecule has 0 aliphatic carbocycles. The Morgan fingerprint density at radius 3 is 2.52 bits per heavy atom. The second-order valence-corrected chi connectivity index (χ2v) is 6.51. The molecule has 2 rings (SSSR count). The van der Waals surface area contributed by atoms with Gasteiger partial charge in [0.05, 0.1) is 11.4 Å². The van der Waals surface area contributed by atoms with Gasteiger partial charge < -0.3 is 10.4 Å². The van der Waals surface area contributed by atoms with Gasteiger partial charge in [0.15, 0.2) is 0 Å². The summed E-state index contributed by atoms with van der Waals surface area (Å²) in [7, 11) is 0. The molecule has 2 aromatic rings. The van der Waals surface area contributed by atoms with Crippen LogP contribution in [0.15, 0.2) is 34.5 Å². The van der Waals surface area contributed by atoms with Gasteiger partial charge in [-0.15, -0.1) is 23.1 Å². The lowest BCUT2D eigenvalue weighted by Crippen LogP contribution is -2.16. The van der Waals surface area contributed by atoms with E-state index < -0.39 is 5.97 Å². The van der Waals surface area contributed by atoms with Crippen LogP contribution in [0.2, 0.25) is 0 Å². The Kier molecular flexibility index (Phi) is 5.03. The van der Waals surface area contributed by atoms with Gasteiger partial charge in [0.25, 0.3) is 0 Å². The van der Waals surface area contributed by atoms with E-state index in [2.05, 4.69) is 5.32 Å². The molecular weight excluding hydrogens is 306 g/mol. The van der Waals surface area contributed by atoms with Gasteiger partial charge in [0, 0.05) is 4.90 Å². The van der Waals surface area contributed by atoms with Crippen LogP contribution in [-0.4, -0.2) is 22.7 Å². The topological polar surface area (TPSA) is 66.4 Å². The second kappa shape index (κ2) is 6.78. The Labute approximate surface area is 131 Å². The molecule has 2 N–H and O–H groups in total. The number of thiophene rings is 1. The molecule has 0 unspecified atom stereocenters. The van der Waals surface area contributed by atoms with Gasteiger partial charge in [-0.25, -0.2) is 4.79 Å². The smallest absolute Gasteiger partial charge is 0.348 e. The summed E-state index contributed by atoms with van der Waals surface area (Å²) in [6, 6.07) is 7.91. The first-order valence-electron chi connectivity index (χ1n) is 6.28. The van der Waals surface area contributed by atoms with Crippen LogP contribution in [-0.2, 0) is 4.79 Å². The van der Waals surface area contributed by atoms with Gasteiger partial charge in [-0.05, 0) is 36.9 Å². The van der Waals surface area contributed by atoms with Crippen molar-refractivity contribution in [2.24, 2.45) is 0 Å². The molecule has 1 amide bonds. The zero-order valence-electron chi connectivity index (χ0n) is 11.7. The molecule has 1 heterocycles. The predicted molar refractivity (Wildman–Crippen MR) is 86.5 cm³/mol. The number of hydrogen-bond donors (Lipinski definition) is 2. The minimum Gasteiger partial charge on any atom is -0.477 e. The third kappa shape index (κ3) is 4.09. The highest BCUT2D eigenvalue weighted by Gasteiger charge is 2.17. The number of carbonyl (C=O) groups excluding carboxylic acids is 1. The molecule has 4 nitrogen and oxygen atoms in total. The molecule has 0 spiro atoms. The van der Waals surface area contributed by atoms with Crippen LogP contribution >= 0.6 is 23.1 Å². The molecule has 0 atom stereocenters. The first-order valence-corrected chi connectivity index (χ1v) is 8.14. The number of anilines is 1. The third-order valence-electron chi connectivity index (χ3n) is 2.82. The van der Waals surface area contributed by atoms with Gasteiger partial charge >= 0.3 is 5.97 Å². The summed E-state index contributed by atoms with van der Waals surface area (Å²) < 4.78 is 0. The van der Waals surface area contributed by atoms with Crippen LogP contribution in [0.25, 0.3) is 0 Å². The van der Waals surface area contributed by atoms with Crippen LogP contribution in [0.5, 0.6) is 0 Å². The van der Waals surface area contributed by atoms with E-state index in [1.807, 2.05) is 31.2 Å². The molecule has 6 heteroatoms. The lowest BCUT2D eigenvalue weighted by molar-refractivity contribution is -0.113. The summed E-state index contributed by atoms with van der Waals surface area (Å²) in [5.74, 6) is -0.976. The summed E-state index contributed by atoms with van der Waals surface area (Å²) >= 11 is 2.54. The monoisotopic (exact) mass is 321 g/mol. The van der Waals surface area contributed by atoms with E-state index in [1.165, 1.54) is 17.3 Å². The van der Waals surface area contributed by atoms with Gasteiger partial charge in [0.1, 0.15) is 4.88 Å². The van der Waals surface area contributed by atoms with E-state index in [0.29, 0.717) is 5.69 Å². The number of rotatable bonds is 5. The van der Waals surface area contributed by atoms with Crippen molar-refractivity contribution in [1.29, 1.82) is 0 Å². The first-order chi connectivity index (χ1) is 9.97. The van der Waals surface area contributed by atoms with Crippen molar-refractivity contribution in [3.05, 3.63) is 45.6 Å². The molecule has 0 radical (unpaired) electrons. The number of benzene rings is 1. The fourth-order valence-electron chi connectivity index (χ4n) is 1.72. The molecule has 0 bridgehead atoms. The van der Waals surface area contributed by atoms with Crippen molar-refractivity contribution in [3.63, 3.8) is 0 Å². The van der Waals surface area contributed by atoms with Crippen molar-refractivity contribution < 1.29 is 14.7 Å². The number of hydrogen-bond acceptors (Lipinski definition) is 4. The molecule has 0 aliphatic rings. The van der Waals surface area contributed by atoms with E-state index in [9.17, 15) is 9.59 Å². The standard InChI is InChI=1S/C15H15NO3S2/c1-9-3-5-11(6-4-9)20-8-12(17)16-13-10(2)7-21-14(13)15(18)19/h3-7H,8H2,1-2H3,(H,16,17)(H,18,19). The van der Waals surface area contributed by atoms with Crippen molar-refractivity contribution in [1.82, 2.24) is 0 Å². The molecule has 0 saturated carbocycles. The Hall–Kier alpha value is -1.79. The molecule has 0 aliphatic heterocycles. The summed E-state index contributed by atoms with van der Waals surface area (Å²) in [5.41, 5.74) is 2.34. The van der Waals surface area contributed by atoms with Gasteiger partial charge in [-0.3, -0.25) is 4.79 Å². The van der Waals surface area contributed by atoms with Crippen molar-refractivity contribution in [2.45, 2.75) is 18.7 Å². The molecule has 0 fully saturated rings. The maximum Gasteiger partial charge on any atom is 0.348 e. The maximum absolute atomic E-state index is 12.0. The SMILES string of the molecule is Cc1ccc(SCC(=O)Nc2c(C)csc2C(=O)O)cc1. The highest BCUT2D eigenvalue weighted by Crippen LogP contribution is 2.28. The number of carboxylic acid groups (broad SMARTS) is 1. The number of nitrogens with one attached hydrogen (secondary N) is 1. The largest absolute Gasteiger partial charge is 0.477 e. The number of carboxylic acids is 1. The first kappa shape index (κ1) is 15.6. The number of amides is 1. The quantitative estimate of drug-likeness (QED) is 0.822. The van der Waals surface area contributed by atoms with Crippen LogP contribution in [0.1, 0.15) is 20.8 Å². The highest BCUT2D eigenvalue weighted by atomic mass is 32.2. The average molecular weight is 321 g/mol. The number of aryl methyl sites for hydroxylation is 2. The zero-order chi connectivity index (χ0) is 15.4. The summed E-state index contributed by atoms with van der Waals surface area (Å²) in [4.78, 5) is 24.2. The van der Waals surface area contributed by atoms with Crippen LogP contribution in [0.3, 0.4) is 0 Å². The maximum atomic E-state index is 12.0. The molecule has 110 valence electrons. The fraction of sp³-hybridized carbons (Fsp3) is 0.200. The lowest BCUT2D eigenvalue weighted by atomic mass is 10.2. The molecule has 0 saturated heterocycles. The summed E-state index contributed by atoms with van der Waals surface area (Å²) in [5, 5.41) is 13.5. The number of aromatic carboxylic acids is 1. The Balaban J connectivity index is 1.97. The van der Waals surface area contributed by atoms with Gasteiger partial charge in [-0.1, -0.05) is 17.7 Å². The highest BCUT2D eigenvalue weighted by molar-refractivity contribution is 8.00. The molecular formula is C15H15NO3S2. The fourth-order valence-corrected chi connectivity index (χ4v) is 3.26. The molecule has 1 aromatic carbocycles. The predicted octanol–water partition coefficient (Wildman–Crippen LogP) is 3.79. The average Bonchev–Trinajstić information content (AvgIpc) is 2.80. The lowest BCUT2D eigenvalue weighted by Gasteiger charge is -2.06. The third-order valence-corrected chi connectivity index (χ3v) is 4.92. The summed E-state index contributed by atoms with van der Waals surface area (Å²) in [6.45, 7) is 3.79. The van der Waals surface area contributed by atoms with E-state index >= 15 is 0 Å². The van der Waals surface area contributed by atoms with Crippen LogP contribution < -0.4 is 5.32 Å². The van der Waals surface area contributed by atoms with E-state index in [4.69, 9.17) is 5.11 Å². The van der Waals surface area contributed by atoms with E-state index in [0.717, 1.165) is 21.8 Å². The molecule has 21 heavy (non-hydrogen) atoms. The number of carbonyl (C=O) groups is 2. The Bertz CT molecular complexity index is 662. The Morgan fingerprint density at radius 2 is 1.90 bits per heavy atom. The normalized spacial score (nSPS) is 10.4. The van der Waals surface area contributed by atoms with Gasteiger partial charge in [-0.2, -0.15) is 0 Å². The second-order valence-electron chi connectivity index (χ2n) is 4.58. The van der Waals surface area contributed by atoms with E-state index in [1.54, 1.807) is 12.3 Å². The number of thioether (sulfide) groups is 1. The van der Waals surface area contributed by atoms with E-state index in [-0.39, 0.29) is 16.5 Å².